The number of fused-ring (bicyclic) bond motifs is 1. The quantitative estimate of drug-likeness (QED) is 0.679. The van der Waals surface area contributed by atoms with Crippen molar-refractivity contribution in [1.82, 2.24) is 4.98 Å². The van der Waals surface area contributed by atoms with Gasteiger partial charge in [0.05, 0.1) is 5.52 Å². The maximum atomic E-state index is 4.22. The van der Waals surface area contributed by atoms with Crippen molar-refractivity contribution < 1.29 is 0 Å². The maximum Gasteiger partial charge on any atom is 0.0702 e. The third-order valence-corrected chi connectivity index (χ3v) is 2.24. The Labute approximate surface area is 90.7 Å². The van der Waals surface area contributed by atoms with Crippen molar-refractivity contribution in [1.29, 1.82) is 0 Å². The lowest BCUT2D eigenvalue weighted by Crippen LogP contribution is -1.77. The maximum absolute atomic E-state index is 4.22. The molecule has 0 saturated carbocycles. The van der Waals surface area contributed by atoms with Gasteiger partial charge in [0.2, 0.25) is 0 Å². The molecule has 0 fully saturated rings. The highest BCUT2D eigenvalue weighted by Crippen LogP contribution is 2.14. The summed E-state index contributed by atoms with van der Waals surface area (Å²) in [6.07, 6.45) is 1.81. The van der Waals surface area contributed by atoms with Gasteiger partial charge in [0.1, 0.15) is 0 Å². The Hall–Kier alpha value is -0.350. The Kier molecular flexibility index (Phi) is 3.29. The molecule has 0 spiro atoms. The van der Waals surface area contributed by atoms with E-state index >= 15 is 0 Å². The second-order valence-electron chi connectivity index (χ2n) is 2.34. The van der Waals surface area contributed by atoms with Gasteiger partial charge in [-0.3, -0.25) is 4.98 Å². The molecule has 1 heterocycles. The summed E-state index contributed by atoms with van der Waals surface area (Å²) in [5, 5.41) is 1.21. The molecular formula is C9H7ClIN. The number of hydrogen-bond donors (Lipinski definition) is 0. The van der Waals surface area contributed by atoms with E-state index in [4.69, 9.17) is 0 Å². The third kappa shape index (κ3) is 1.87. The zero-order valence-corrected chi connectivity index (χ0v) is 9.17. The fourth-order valence-electron chi connectivity index (χ4n) is 1.05. The van der Waals surface area contributed by atoms with Crippen molar-refractivity contribution in [2.45, 2.75) is 0 Å². The van der Waals surface area contributed by atoms with Gasteiger partial charge >= 0.3 is 0 Å². The average Bonchev–Trinajstić information content (AvgIpc) is 2.04. The number of halogens is 2. The van der Waals surface area contributed by atoms with Gasteiger partial charge in [-0.15, -0.1) is 12.4 Å². The van der Waals surface area contributed by atoms with Crippen LogP contribution in [-0.4, -0.2) is 4.98 Å². The van der Waals surface area contributed by atoms with Gasteiger partial charge in [-0.05, 0) is 46.9 Å². The average molecular weight is 292 g/mol. The number of nitrogens with zero attached hydrogens (tertiary/aromatic N) is 1. The molecule has 0 unspecified atom stereocenters. The molecule has 0 radical (unpaired) electrons. The number of hydrogen-bond acceptors (Lipinski definition) is 1. The molecule has 2 aromatic rings. The van der Waals surface area contributed by atoms with Crippen LogP contribution in [-0.2, 0) is 0 Å². The fraction of sp³-hybridized carbons (Fsp3) is 0. The molecule has 0 aliphatic rings. The molecule has 1 aromatic carbocycles. The minimum atomic E-state index is 0. The summed E-state index contributed by atoms with van der Waals surface area (Å²) in [4.78, 5) is 4.22. The van der Waals surface area contributed by atoms with Crippen molar-refractivity contribution in [2.75, 3.05) is 0 Å². The monoisotopic (exact) mass is 291 g/mol. The largest absolute Gasteiger partial charge is 0.256 e. The van der Waals surface area contributed by atoms with Crippen molar-refractivity contribution in [3.05, 3.63) is 40.1 Å². The highest BCUT2D eigenvalue weighted by atomic mass is 127. The van der Waals surface area contributed by atoms with Crippen LogP contribution in [0.2, 0.25) is 0 Å². The van der Waals surface area contributed by atoms with E-state index in [0.29, 0.717) is 0 Å². The summed E-state index contributed by atoms with van der Waals surface area (Å²) in [5.74, 6) is 0. The normalized spacial score (nSPS) is 9.42. The number of pyridine rings is 1. The van der Waals surface area contributed by atoms with Gasteiger partial charge in [0.15, 0.2) is 0 Å². The minimum Gasteiger partial charge on any atom is -0.256 e. The van der Waals surface area contributed by atoms with Gasteiger partial charge in [-0.2, -0.15) is 0 Å². The second-order valence-corrected chi connectivity index (χ2v) is 3.59. The topological polar surface area (TPSA) is 12.9 Å². The van der Waals surface area contributed by atoms with Crippen LogP contribution in [0.3, 0.4) is 0 Å². The first-order valence-electron chi connectivity index (χ1n) is 3.36. The summed E-state index contributed by atoms with van der Waals surface area (Å²) in [6.45, 7) is 0. The van der Waals surface area contributed by atoms with Gasteiger partial charge in [-0.1, -0.05) is 6.07 Å². The minimum absolute atomic E-state index is 0. The van der Waals surface area contributed by atoms with Crippen LogP contribution < -0.4 is 0 Å². The van der Waals surface area contributed by atoms with E-state index in [1.807, 2.05) is 18.3 Å². The predicted octanol–water partition coefficient (Wildman–Crippen LogP) is 3.26. The Morgan fingerprint density at radius 2 is 2.00 bits per heavy atom. The molecule has 0 N–H and O–H groups in total. The van der Waals surface area contributed by atoms with Crippen molar-refractivity contribution >= 4 is 45.9 Å². The van der Waals surface area contributed by atoms with Crippen molar-refractivity contribution in [3.63, 3.8) is 0 Å². The van der Waals surface area contributed by atoms with E-state index in [1.54, 1.807) is 0 Å². The zero-order valence-electron chi connectivity index (χ0n) is 6.20. The van der Waals surface area contributed by atoms with E-state index in [-0.39, 0.29) is 12.4 Å². The first kappa shape index (κ1) is 9.74. The molecule has 0 bridgehead atoms. The molecule has 0 atom stereocenters. The summed E-state index contributed by atoms with van der Waals surface area (Å²) in [7, 11) is 0. The van der Waals surface area contributed by atoms with Crippen LogP contribution in [0.15, 0.2) is 36.5 Å². The molecule has 12 heavy (non-hydrogen) atoms. The Morgan fingerprint density at radius 1 is 1.17 bits per heavy atom. The van der Waals surface area contributed by atoms with Gasteiger partial charge in [0.25, 0.3) is 0 Å². The number of aromatic nitrogens is 1. The van der Waals surface area contributed by atoms with E-state index < -0.39 is 0 Å². The van der Waals surface area contributed by atoms with Gasteiger partial charge < -0.3 is 0 Å². The van der Waals surface area contributed by atoms with E-state index in [9.17, 15) is 0 Å². The van der Waals surface area contributed by atoms with Crippen LogP contribution in [0.25, 0.3) is 10.9 Å². The fourth-order valence-corrected chi connectivity index (χ4v) is 1.56. The molecule has 0 saturated heterocycles. The predicted molar refractivity (Wildman–Crippen MR) is 61.7 cm³/mol. The smallest absolute Gasteiger partial charge is 0.0702 e. The Bertz CT molecular complexity index is 389. The lowest BCUT2D eigenvalue weighted by molar-refractivity contribution is 1.41. The van der Waals surface area contributed by atoms with Crippen molar-refractivity contribution in [3.8, 4) is 0 Å². The third-order valence-electron chi connectivity index (χ3n) is 1.57. The lowest BCUT2D eigenvalue weighted by Gasteiger charge is -1.94. The first-order valence-corrected chi connectivity index (χ1v) is 4.44. The van der Waals surface area contributed by atoms with Crippen LogP contribution in [0.1, 0.15) is 0 Å². The molecule has 0 aliphatic carbocycles. The van der Waals surface area contributed by atoms with Gasteiger partial charge in [0, 0.05) is 15.2 Å². The summed E-state index contributed by atoms with van der Waals surface area (Å²) in [6, 6.07) is 10.3. The summed E-state index contributed by atoms with van der Waals surface area (Å²) >= 11 is 2.30. The molecule has 3 heteroatoms. The van der Waals surface area contributed by atoms with E-state index in [0.717, 1.165) is 5.52 Å². The Balaban J connectivity index is 0.000000720. The van der Waals surface area contributed by atoms with Crippen LogP contribution in [0.4, 0.5) is 0 Å². The standard InChI is InChI=1S/C9H6IN.ClH/c10-8-3-4-9-7(6-8)2-1-5-11-9;/h1-6H;1H. The first-order chi connectivity index (χ1) is 5.36. The molecule has 0 aliphatic heterocycles. The number of benzene rings is 1. The van der Waals surface area contributed by atoms with E-state index in [2.05, 4.69) is 45.8 Å². The molecular weight excluding hydrogens is 284 g/mol. The molecule has 62 valence electrons. The van der Waals surface area contributed by atoms with Crippen LogP contribution >= 0.6 is 35.0 Å². The summed E-state index contributed by atoms with van der Waals surface area (Å²) < 4.78 is 1.25. The van der Waals surface area contributed by atoms with E-state index in [1.165, 1.54) is 8.96 Å². The highest BCUT2D eigenvalue weighted by molar-refractivity contribution is 14.1. The Morgan fingerprint density at radius 3 is 2.83 bits per heavy atom. The second kappa shape index (κ2) is 4.05. The lowest BCUT2D eigenvalue weighted by atomic mass is 10.2. The van der Waals surface area contributed by atoms with Crippen molar-refractivity contribution in [2.24, 2.45) is 0 Å². The van der Waals surface area contributed by atoms with Gasteiger partial charge in [-0.25, -0.2) is 0 Å². The molecule has 1 nitrogen and oxygen atoms in total. The number of rotatable bonds is 0. The zero-order chi connectivity index (χ0) is 7.68. The van der Waals surface area contributed by atoms with Crippen LogP contribution in [0.5, 0.6) is 0 Å². The SMILES string of the molecule is Cl.Ic1ccc2ncccc2c1. The summed E-state index contributed by atoms with van der Waals surface area (Å²) in [5.41, 5.74) is 1.06. The molecule has 1 aromatic heterocycles. The van der Waals surface area contributed by atoms with Crippen LogP contribution in [0, 0.1) is 3.57 Å². The molecule has 0 amide bonds. The highest BCUT2D eigenvalue weighted by Gasteiger charge is 1.91. The molecule has 2 rings (SSSR count).